The van der Waals surface area contributed by atoms with Gasteiger partial charge in [0.15, 0.2) is 6.61 Å². The number of hydrogen-bond acceptors (Lipinski definition) is 4. The van der Waals surface area contributed by atoms with Gasteiger partial charge in [0.05, 0.1) is 6.21 Å². The second-order valence-corrected chi connectivity index (χ2v) is 7.30. The normalized spacial score (nSPS) is 10.7. The molecule has 0 aromatic heterocycles. The number of benzene rings is 3. The van der Waals surface area contributed by atoms with Crippen LogP contribution in [0.5, 0.6) is 5.75 Å². The number of hydrogen-bond donors (Lipinski definition) is 2. The Morgan fingerprint density at radius 2 is 1.71 bits per heavy atom. The first-order chi connectivity index (χ1) is 14.9. The van der Waals surface area contributed by atoms with Crippen molar-refractivity contribution in [2.24, 2.45) is 5.10 Å². The molecule has 158 valence electrons. The van der Waals surface area contributed by atoms with Gasteiger partial charge in [-0.1, -0.05) is 23.7 Å². The predicted molar refractivity (Wildman–Crippen MR) is 123 cm³/mol. The highest BCUT2D eigenvalue weighted by Gasteiger charge is 2.07. The van der Waals surface area contributed by atoms with Crippen molar-refractivity contribution in [1.29, 1.82) is 0 Å². The van der Waals surface area contributed by atoms with E-state index in [1.807, 2.05) is 32.0 Å². The summed E-state index contributed by atoms with van der Waals surface area (Å²) < 4.78 is 5.54. The van der Waals surface area contributed by atoms with Crippen LogP contribution in [0.2, 0.25) is 5.02 Å². The van der Waals surface area contributed by atoms with Gasteiger partial charge in [-0.3, -0.25) is 9.59 Å². The first-order valence-electron chi connectivity index (χ1n) is 9.60. The van der Waals surface area contributed by atoms with Gasteiger partial charge in [-0.25, -0.2) is 5.43 Å². The fraction of sp³-hybridized carbons (Fsp3) is 0.125. The van der Waals surface area contributed by atoms with E-state index in [9.17, 15) is 9.59 Å². The average molecular weight is 436 g/mol. The van der Waals surface area contributed by atoms with Crippen LogP contribution in [0.25, 0.3) is 0 Å². The lowest BCUT2D eigenvalue weighted by Gasteiger charge is -2.11. The maximum absolute atomic E-state index is 12.2. The SMILES string of the molecule is Cc1cccc(NC(=O)COc2ccc(/C=N/NC(=O)c3ccc(Cl)cc3)cc2)c1C. The lowest BCUT2D eigenvalue weighted by Crippen LogP contribution is -2.20. The van der Waals surface area contributed by atoms with E-state index in [1.165, 1.54) is 6.21 Å². The summed E-state index contributed by atoms with van der Waals surface area (Å²) in [6.07, 6.45) is 1.52. The molecule has 3 aromatic carbocycles. The van der Waals surface area contributed by atoms with E-state index >= 15 is 0 Å². The van der Waals surface area contributed by atoms with Gasteiger partial charge in [0.2, 0.25) is 0 Å². The predicted octanol–water partition coefficient (Wildman–Crippen LogP) is 4.74. The summed E-state index contributed by atoms with van der Waals surface area (Å²) in [5, 5.41) is 7.36. The summed E-state index contributed by atoms with van der Waals surface area (Å²) in [7, 11) is 0. The maximum Gasteiger partial charge on any atom is 0.271 e. The third-order valence-corrected chi connectivity index (χ3v) is 4.87. The van der Waals surface area contributed by atoms with Crippen LogP contribution in [0, 0.1) is 13.8 Å². The molecule has 0 aliphatic rings. The summed E-state index contributed by atoms with van der Waals surface area (Å²) >= 11 is 5.81. The van der Waals surface area contributed by atoms with E-state index in [1.54, 1.807) is 48.5 Å². The minimum Gasteiger partial charge on any atom is -0.484 e. The number of anilines is 1. The van der Waals surface area contributed by atoms with E-state index in [2.05, 4.69) is 15.8 Å². The molecule has 3 rings (SSSR count). The zero-order chi connectivity index (χ0) is 22.2. The summed E-state index contributed by atoms with van der Waals surface area (Å²) in [5.74, 6) is -0.00885. The van der Waals surface area contributed by atoms with Gasteiger partial charge in [0, 0.05) is 16.3 Å². The molecule has 0 aliphatic carbocycles. The quantitative estimate of drug-likeness (QED) is 0.415. The van der Waals surface area contributed by atoms with Crippen molar-refractivity contribution in [2.45, 2.75) is 13.8 Å². The molecule has 6 nitrogen and oxygen atoms in total. The van der Waals surface area contributed by atoms with Gasteiger partial charge in [-0.05, 0) is 85.1 Å². The van der Waals surface area contributed by atoms with Crippen molar-refractivity contribution < 1.29 is 14.3 Å². The third-order valence-electron chi connectivity index (χ3n) is 4.61. The lowest BCUT2D eigenvalue weighted by molar-refractivity contribution is -0.118. The molecule has 0 saturated carbocycles. The van der Waals surface area contributed by atoms with Crippen molar-refractivity contribution in [1.82, 2.24) is 5.43 Å². The first kappa shape index (κ1) is 22.1. The number of hydrazone groups is 1. The van der Waals surface area contributed by atoms with E-state index < -0.39 is 0 Å². The standard InChI is InChI=1S/C24H22ClN3O3/c1-16-4-3-5-22(17(16)2)27-23(29)15-31-21-12-6-18(7-13-21)14-26-28-24(30)19-8-10-20(25)11-9-19/h3-14H,15H2,1-2H3,(H,27,29)(H,28,30)/b26-14+. The summed E-state index contributed by atoms with van der Waals surface area (Å²) in [4.78, 5) is 24.1. The van der Waals surface area contributed by atoms with Crippen LogP contribution >= 0.6 is 11.6 Å². The Bertz CT molecular complexity index is 1090. The minimum atomic E-state index is -0.331. The second kappa shape index (κ2) is 10.4. The number of nitrogens with one attached hydrogen (secondary N) is 2. The Morgan fingerprint density at radius 1 is 1.00 bits per heavy atom. The number of carbonyl (C=O) groups is 2. The molecule has 0 atom stereocenters. The molecule has 0 radical (unpaired) electrons. The minimum absolute atomic E-state index is 0.0992. The van der Waals surface area contributed by atoms with Crippen LogP contribution in [0.15, 0.2) is 71.8 Å². The van der Waals surface area contributed by atoms with Crippen LogP contribution in [0.3, 0.4) is 0 Å². The molecular formula is C24H22ClN3O3. The number of amides is 2. The lowest BCUT2D eigenvalue weighted by atomic mass is 10.1. The Balaban J connectivity index is 1.47. The molecule has 0 saturated heterocycles. The van der Waals surface area contributed by atoms with Gasteiger partial charge in [-0.2, -0.15) is 5.10 Å². The van der Waals surface area contributed by atoms with Crippen LogP contribution in [-0.4, -0.2) is 24.6 Å². The molecule has 0 fully saturated rings. The molecule has 3 aromatic rings. The largest absolute Gasteiger partial charge is 0.484 e. The highest BCUT2D eigenvalue weighted by atomic mass is 35.5. The average Bonchev–Trinajstić information content (AvgIpc) is 2.77. The molecule has 31 heavy (non-hydrogen) atoms. The van der Waals surface area contributed by atoms with Crippen molar-refractivity contribution in [2.75, 3.05) is 11.9 Å². The molecular weight excluding hydrogens is 414 g/mol. The third kappa shape index (κ3) is 6.42. The monoisotopic (exact) mass is 435 g/mol. The highest BCUT2D eigenvalue weighted by Crippen LogP contribution is 2.18. The summed E-state index contributed by atoms with van der Waals surface area (Å²) in [6, 6.07) is 19.3. The fourth-order valence-electron chi connectivity index (χ4n) is 2.70. The van der Waals surface area contributed by atoms with Crippen LogP contribution < -0.4 is 15.5 Å². The van der Waals surface area contributed by atoms with Crippen LogP contribution in [-0.2, 0) is 4.79 Å². The number of ether oxygens (including phenoxy) is 1. The number of halogens is 1. The van der Waals surface area contributed by atoms with Gasteiger partial charge >= 0.3 is 0 Å². The van der Waals surface area contributed by atoms with Gasteiger partial charge in [-0.15, -0.1) is 0 Å². The van der Waals surface area contributed by atoms with Gasteiger partial charge < -0.3 is 10.1 Å². The Labute approximate surface area is 185 Å². The van der Waals surface area contributed by atoms with Crippen LogP contribution in [0.1, 0.15) is 27.0 Å². The molecule has 0 heterocycles. The van der Waals surface area contributed by atoms with Crippen molar-refractivity contribution in [3.05, 3.63) is 94.0 Å². The molecule has 7 heteroatoms. The Morgan fingerprint density at radius 3 is 2.42 bits per heavy atom. The molecule has 0 bridgehead atoms. The van der Waals surface area contributed by atoms with Gasteiger partial charge in [0.25, 0.3) is 11.8 Å². The number of rotatable bonds is 7. The topological polar surface area (TPSA) is 79.8 Å². The molecule has 2 amide bonds. The smallest absolute Gasteiger partial charge is 0.271 e. The molecule has 0 unspecified atom stereocenters. The van der Waals surface area contributed by atoms with Gasteiger partial charge in [0.1, 0.15) is 5.75 Å². The van der Waals surface area contributed by atoms with Crippen molar-refractivity contribution in [3.63, 3.8) is 0 Å². The zero-order valence-corrected chi connectivity index (χ0v) is 17.9. The van der Waals surface area contributed by atoms with E-state index in [-0.39, 0.29) is 18.4 Å². The van der Waals surface area contributed by atoms with E-state index in [0.29, 0.717) is 16.3 Å². The zero-order valence-electron chi connectivity index (χ0n) is 17.2. The maximum atomic E-state index is 12.2. The van der Waals surface area contributed by atoms with E-state index in [4.69, 9.17) is 16.3 Å². The Kier molecular flexibility index (Phi) is 7.40. The van der Waals surface area contributed by atoms with Crippen molar-refractivity contribution in [3.8, 4) is 5.75 Å². The number of nitrogens with zero attached hydrogens (tertiary/aromatic N) is 1. The number of aryl methyl sites for hydroxylation is 1. The van der Waals surface area contributed by atoms with Crippen LogP contribution in [0.4, 0.5) is 5.69 Å². The highest BCUT2D eigenvalue weighted by molar-refractivity contribution is 6.30. The van der Waals surface area contributed by atoms with Crippen molar-refractivity contribution >= 4 is 35.3 Å². The second-order valence-electron chi connectivity index (χ2n) is 6.86. The Hall–Kier alpha value is -3.64. The molecule has 0 aliphatic heterocycles. The van der Waals surface area contributed by atoms with E-state index in [0.717, 1.165) is 22.4 Å². The summed E-state index contributed by atoms with van der Waals surface area (Å²) in [6.45, 7) is 3.86. The fourth-order valence-corrected chi connectivity index (χ4v) is 2.83. The molecule has 0 spiro atoms. The first-order valence-corrected chi connectivity index (χ1v) is 9.98. The summed E-state index contributed by atoms with van der Waals surface area (Å²) in [5.41, 5.74) is 6.61. The molecule has 2 N–H and O–H groups in total. The number of carbonyl (C=O) groups excluding carboxylic acids is 2.